The summed E-state index contributed by atoms with van der Waals surface area (Å²) in [6.45, 7) is 1.41. The minimum atomic E-state index is -1.10. The Bertz CT molecular complexity index is 1410. The quantitative estimate of drug-likeness (QED) is 0.334. The van der Waals surface area contributed by atoms with Gasteiger partial charge in [0.25, 0.3) is 0 Å². The van der Waals surface area contributed by atoms with Gasteiger partial charge in [-0.2, -0.15) is 0 Å². The van der Waals surface area contributed by atoms with Crippen molar-refractivity contribution in [3.63, 3.8) is 0 Å². The van der Waals surface area contributed by atoms with Crippen LogP contribution in [0.25, 0.3) is 6.08 Å². The van der Waals surface area contributed by atoms with E-state index in [1.807, 2.05) is 12.2 Å². The van der Waals surface area contributed by atoms with Crippen molar-refractivity contribution >= 4 is 35.4 Å². The summed E-state index contributed by atoms with van der Waals surface area (Å²) in [5.41, 5.74) is 2.59. The summed E-state index contributed by atoms with van der Waals surface area (Å²) < 4.78 is 5.19. The van der Waals surface area contributed by atoms with Gasteiger partial charge in [0, 0.05) is 29.2 Å². The molecule has 9 nitrogen and oxygen atoms in total. The fourth-order valence-corrected chi connectivity index (χ4v) is 6.14. The molecule has 1 aromatic carbocycles. The van der Waals surface area contributed by atoms with Crippen molar-refractivity contribution in [3.8, 4) is 11.5 Å². The van der Waals surface area contributed by atoms with E-state index in [0.29, 0.717) is 28.7 Å². The molecule has 196 valence electrons. The third-order valence-electron chi connectivity index (χ3n) is 7.94. The third-order valence-corrected chi connectivity index (χ3v) is 7.94. The lowest BCUT2D eigenvalue weighted by Gasteiger charge is -2.41. The van der Waals surface area contributed by atoms with Crippen LogP contribution in [0.2, 0.25) is 0 Å². The topological polar surface area (TPSA) is 138 Å². The Balaban J connectivity index is 1.56. The second-order valence-corrected chi connectivity index (χ2v) is 10.0. The molecule has 38 heavy (non-hydrogen) atoms. The van der Waals surface area contributed by atoms with Crippen molar-refractivity contribution in [1.82, 2.24) is 4.90 Å². The molecule has 4 aliphatic rings. The molecule has 1 aliphatic heterocycles. The second kappa shape index (κ2) is 9.55. The number of phenols is 1. The molecule has 1 aromatic rings. The normalized spacial score (nSPS) is 26.7. The molecular formula is C29H27NO8. The summed E-state index contributed by atoms with van der Waals surface area (Å²) in [6.07, 6.45) is 6.93. The average molecular weight is 518 g/mol. The van der Waals surface area contributed by atoms with E-state index < -0.39 is 35.5 Å². The lowest BCUT2D eigenvalue weighted by atomic mass is 9.60. The first-order valence-corrected chi connectivity index (χ1v) is 12.4. The number of carboxylic acid groups (broad SMARTS) is 1. The number of ether oxygens (including phenoxy) is 1. The number of ketones is 2. The SMILES string of the molecule is COc1cc(C=C[C@H]2C3=CC[C@@H]4C(=O)N(CCC(=O)O)C(=O)[C@@H]4[C@@H]3CC3=C2C(=O)C(C)=CC3=O)ccc1O. The van der Waals surface area contributed by atoms with Crippen molar-refractivity contribution in [2.45, 2.75) is 26.2 Å². The van der Waals surface area contributed by atoms with Gasteiger partial charge in [-0.3, -0.25) is 28.9 Å². The molecule has 5 rings (SSSR count). The highest BCUT2D eigenvalue weighted by atomic mass is 16.5. The maximum atomic E-state index is 13.4. The number of carbonyl (C=O) groups is 5. The number of allylic oxidation sites excluding steroid dienone is 7. The monoisotopic (exact) mass is 517 g/mol. The van der Waals surface area contributed by atoms with E-state index in [0.717, 1.165) is 10.5 Å². The number of hydrogen-bond donors (Lipinski definition) is 2. The van der Waals surface area contributed by atoms with Crippen LogP contribution in [-0.2, 0) is 24.0 Å². The first-order chi connectivity index (χ1) is 18.1. The molecule has 9 heteroatoms. The number of carbonyl (C=O) groups excluding carboxylic acids is 4. The van der Waals surface area contributed by atoms with Crippen molar-refractivity contribution in [1.29, 1.82) is 0 Å². The lowest BCUT2D eigenvalue weighted by Crippen LogP contribution is -2.40. The van der Waals surface area contributed by atoms with Gasteiger partial charge >= 0.3 is 5.97 Å². The van der Waals surface area contributed by atoms with E-state index in [4.69, 9.17) is 9.84 Å². The standard InChI is InChI=1S/C29H27NO8/c1-14-11-22(32)20-13-19-16(6-7-18-26(19)29(37)30(28(18)36)10-9-24(33)34)17(25(20)27(14)35)5-3-15-4-8-21(31)23(12-15)38-2/h3-6,8,11-12,17-19,26,31H,7,9-10,13H2,1-2H3,(H,33,34)/t17-,18-,19+,26-/m0/s1. The summed E-state index contributed by atoms with van der Waals surface area (Å²) in [5.74, 6) is -4.53. The average Bonchev–Trinajstić information content (AvgIpc) is 3.13. The summed E-state index contributed by atoms with van der Waals surface area (Å²) in [6, 6.07) is 4.83. The van der Waals surface area contributed by atoms with Crippen LogP contribution in [0.5, 0.6) is 11.5 Å². The van der Waals surface area contributed by atoms with Gasteiger partial charge in [0.1, 0.15) is 0 Å². The zero-order valence-corrected chi connectivity index (χ0v) is 21.0. The zero-order valence-electron chi connectivity index (χ0n) is 21.0. The van der Waals surface area contributed by atoms with Gasteiger partial charge in [-0.15, -0.1) is 0 Å². The summed E-state index contributed by atoms with van der Waals surface area (Å²) >= 11 is 0. The number of amides is 2. The fraction of sp³-hybridized carbons (Fsp3) is 0.345. The predicted molar refractivity (Wildman–Crippen MR) is 135 cm³/mol. The summed E-state index contributed by atoms with van der Waals surface area (Å²) in [7, 11) is 1.44. The molecule has 1 fully saturated rings. The number of aromatic hydroxyl groups is 1. The van der Waals surface area contributed by atoms with Gasteiger partial charge in [-0.1, -0.05) is 29.9 Å². The van der Waals surface area contributed by atoms with Gasteiger partial charge in [0.05, 0.1) is 25.4 Å². The van der Waals surface area contributed by atoms with Crippen LogP contribution >= 0.6 is 0 Å². The number of fused-ring (bicyclic) bond motifs is 3. The van der Waals surface area contributed by atoms with Crippen LogP contribution in [0.15, 0.2) is 58.7 Å². The Kier molecular flexibility index (Phi) is 6.38. The molecule has 1 heterocycles. The highest BCUT2D eigenvalue weighted by Crippen LogP contribution is 2.52. The van der Waals surface area contributed by atoms with E-state index in [9.17, 15) is 29.1 Å². The molecule has 2 N–H and O–H groups in total. The van der Waals surface area contributed by atoms with E-state index in [2.05, 4.69) is 0 Å². The number of methoxy groups -OCH3 is 1. The second-order valence-electron chi connectivity index (χ2n) is 10.0. The summed E-state index contributed by atoms with van der Waals surface area (Å²) in [4.78, 5) is 65.0. The number of phenolic OH excluding ortho intramolecular Hbond substituents is 1. The van der Waals surface area contributed by atoms with Gasteiger partial charge < -0.3 is 14.9 Å². The van der Waals surface area contributed by atoms with E-state index in [-0.39, 0.29) is 48.4 Å². The van der Waals surface area contributed by atoms with E-state index >= 15 is 0 Å². The molecule has 4 atom stereocenters. The fourth-order valence-electron chi connectivity index (χ4n) is 6.14. The Morgan fingerprint density at radius 1 is 1.16 bits per heavy atom. The molecular weight excluding hydrogens is 490 g/mol. The van der Waals surface area contributed by atoms with Gasteiger partial charge in [0.2, 0.25) is 11.8 Å². The van der Waals surface area contributed by atoms with Crippen LogP contribution in [0.4, 0.5) is 0 Å². The minimum Gasteiger partial charge on any atom is -0.504 e. The van der Waals surface area contributed by atoms with Crippen LogP contribution in [0.1, 0.15) is 31.7 Å². The highest BCUT2D eigenvalue weighted by molar-refractivity contribution is 6.23. The minimum absolute atomic E-state index is 0.0147. The van der Waals surface area contributed by atoms with E-state index in [1.54, 1.807) is 25.1 Å². The Morgan fingerprint density at radius 2 is 1.92 bits per heavy atom. The molecule has 0 radical (unpaired) electrons. The van der Waals surface area contributed by atoms with Crippen molar-refractivity contribution in [3.05, 3.63) is 64.3 Å². The first kappa shape index (κ1) is 25.4. The molecule has 0 saturated carbocycles. The van der Waals surface area contributed by atoms with Gasteiger partial charge in [-0.05, 0) is 49.5 Å². The van der Waals surface area contributed by atoms with Crippen LogP contribution in [0.3, 0.4) is 0 Å². The predicted octanol–water partition coefficient (Wildman–Crippen LogP) is 2.85. The molecule has 0 spiro atoms. The maximum absolute atomic E-state index is 13.4. The molecule has 0 bridgehead atoms. The van der Waals surface area contributed by atoms with Crippen LogP contribution < -0.4 is 4.74 Å². The molecule has 1 saturated heterocycles. The first-order valence-electron chi connectivity index (χ1n) is 12.4. The highest BCUT2D eigenvalue weighted by Gasteiger charge is 2.55. The number of hydrogen-bond acceptors (Lipinski definition) is 7. The largest absolute Gasteiger partial charge is 0.504 e. The Labute approximate surface area is 218 Å². The molecule has 3 aliphatic carbocycles. The lowest BCUT2D eigenvalue weighted by molar-refractivity contribution is -0.142. The number of imide groups is 1. The van der Waals surface area contributed by atoms with Crippen LogP contribution in [-0.4, -0.2) is 58.1 Å². The van der Waals surface area contributed by atoms with Crippen molar-refractivity contribution in [2.75, 3.05) is 13.7 Å². The van der Waals surface area contributed by atoms with Crippen molar-refractivity contribution in [2.24, 2.45) is 23.7 Å². The summed E-state index contributed by atoms with van der Waals surface area (Å²) in [5, 5.41) is 19.0. The van der Waals surface area contributed by atoms with Crippen molar-refractivity contribution < 1.29 is 38.9 Å². The third kappa shape index (κ3) is 4.08. The van der Waals surface area contributed by atoms with Gasteiger partial charge in [-0.25, -0.2) is 0 Å². The molecule has 2 amide bonds. The number of benzene rings is 1. The number of Topliss-reactive ketones (excluding diaryl/α,β-unsaturated/α-hetero) is 1. The number of rotatable bonds is 6. The van der Waals surface area contributed by atoms with Gasteiger partial charge in [0.15, 0.2) is 23.1 Å². The Hall–Kier alpha value is -4.27. The number of nitrogens with zero attached hydrogens (tertiary/aromatic N) is 1. The van der Waals surface area contributed by atoms with Crippen LogP contribution in [0, 0.1) is 23.7 Å². The number of likely N-dealkylation sites (tertiary alicyclic amines) is 1. The molecule has 0 unspecified atom stereocenters. The zero-order chi connectivity index (χ0) is 27.3. The number of carboxylic acids is 1. The molecule has 0 aromatic heterocycles. The smallest absolute Gasteiger partial charge is 0.305 e. The maximum Gasteiger partial charge on any atom is 0.305 e. The number of aliphatic carboxylic acids is 1. The van der Waals surface area contributed by atoms with E-state index in [1.165, 1.54) is 19.3 Å². The Morgan fingerprint density at radius 3 is 2.63 bits per heavy atom.